The number of pyridine rings is 1. The van der Waals surface area contributed by atoms with E-state index in [0.717, 1.165) is 21.5 Å². The molecule has 0 amide bonds. The second-order valence-corrected chi connectivity index (χ2v) is 3.24. The van der Waals surface area contributed by atoms with Gasteiger partial charge in [-0.15, -0.1) is 0 Å². The maximum absolute atomic E-state index is 6.16. The van der Waals surface area contributed by atoms with Gasteiger partial charge in [-0.3, -0.25) is 4.98 Å². The van der Waals surface area contributed by atoms with E-state index in [9.17, 15) is 0 Å². The summed E-state index contributed by atoms with van der Waals surface area (Å²) in [5.74, 6) is 0. The summed E-state index contributed by atoms with van der Waals surface area (Å²) in [4.78, 5) is 4.21. The molecular weight excluding hydrogens is 182 g/mol. The minimum Gasteiger partial charge on any atom is -0.256 e. The molecule has 0 atom stereocenters. The molecule has 0 N–H and O–H groups in total. The first kappa shape index (κ1) is 8.52. The third-order valence-electron chi connectivity index (χ3n) is 2.07. The summed E-state index contributed by atoms with van der Waals surface area (Å²) in [7, 11) is 0. The largest absolute Gasteiger partial charge is 0.256 e. The standard InChI is InChI=1S/C11H9ClN/c1-2-8-5-6-10-9(11(8)12)4-3-7-13-10/h3-7H,1-2H2. The van der Waals surface area contributed by atoms with E-state index in [1.807, 2.05) is 24.3 Å². The van der Waals surface area contributed by atoms with Crippen molar-refractivity contribution in [2.45, 2.75) is 6.42 Å². The van der Waals surface area contributed by atoms with Crippen LogP contribution in [0, 0.1) is 6.92 Å². The van der Waals surface area contributed by atoms with Crippen LogP contribution in [-0.4, -0.2) is 4.98 Å². The van der Waals surface area contributed by atoms with Crippen molar-refractivity contribution in [1.29, 1.82) is 0 Å². The number of aromatic nitrogens is 1. The summed E-state index contributed by atoms with van der Waals surface area (Å²) in [6.45, 7) is 3.82. The van der Waals surface area contributed by atoms with Crippen molar-refractivity contribution in [1.82, 2.24) is 4.98 Å². The summed E-state index contributed by atoms with van der Waals surface area (Å²) in [6.07, 6.45) is 2.48. The summed E-state index contributed by atoms with van der Waals surface area (Å²) < 4.78 is 0. The fourth-order valence-electron chi connectivity index (χ4n) is 1.35. The number of nitrogens with zero attached hydrogens (tertiary/aromatic N) is 1. The lowest BCUT2D eigenvalue weighted by atomic mass is 10.1. The molecule has 2 rings (SSSR count). The van der Waals surface area contributed by atoms with Gasteiger partial charge in [0.25, 0.3) is 0 Å². The van der Waals surface area contributed by atoms with E-state index in [4.69, 9.17) is 11.6 Å². The van der Waals surface area contributed by atoms with Gasteiger partial charge in [-0.05, 0) is 37.1 Å². The van der Waals surface area contributed by atoms with Gasteiger partial charge < -0.3 is 0 Å². The Balaban J connectivity index is 2.79. The fourth-order valence-corrected chi connectivity index (χ4v) is 1.67. The van der Waals surface area contributed by atoms with Crippen molar-refractivity contribution >= 4 is 22.5 Å². The van der Waals surface area contributed by atoms with Crippen LogP contribution in [0.4, 0.5) is 0 Å². The molecule has 0 saturated carbocycles. The van der Waals surface area contributed by atoms with E-state index < -0.39 is 0 Å². The zero-order valence-electron chi connectivity index (χ0n) is 7.13. The molecule has 1 aromatic heterocycles. The third kappa shape index (κ3) is 1.40. The maximum Gasteiger partial charge on any atom is 0.0717 e. The highest BCUT2D eigenvalue weighted by Gasteiger charge is 2.03. The van der Waals surface area contributed by atoms with Crippen molar-refractivity contribution < 1.29 is 0 Å². The van der Waals surface area contributed by atoms with Crippen LogP contribution in [-0.2, 0) is 6.42 Å². The molecule has 0 fully saturated rings. The van der Waals surface area contributed by atoms with Gasteiger partial charge in [0.1, 0.15) is 0 Å². The SMILES string of the molecule is [CH2]Cc1ccc2ncccc2c1Cl. The molecule has 0 bridgehead atoms. The van der Waals surface area contributed by atoms with E-state index in [1.54, 1.807) is 6.20 Å². The van der Waals surface area contributed by atoms with Crippen molar-refractivity contribution in [3.63, 3.8) is 0 Å². The second kappa shape index (κ2) is 3.35. The van der Waals surface area contributed by atoms with Crippen LogP contribution in [0.3, 0.4) is 0 Å². The zero-order chi connectivity index (χ0) is 9.26. The van der Waals surface area contributed by atoms with Gasteiger partial charge in [-0.2, -0.15) is 0 Å². The highest BCUT2D eigenvalue weighted by molar-refractivity contribution is 6.36. The van der Waals surface area contributed by atoms with Gasteiger partial charge >= 0.3 is 0 Å². The molecule has 0 aliphatic rings. The Morgan fingerprint density at radius 3 is 2.92 bits per heavy atom. The molecule has 1 nitrogen and oxygen atoms in total. The average molecular weight is 191 g/mol. The van der Waals surface area contributed by atoms with Crippen LogP contribution in [0.25, 0.3) is 10.9 Å². The van der Waals surface area contributed by atoms with Crippen LogP contribution in [0.15, 0.2) is 30.5 Å². The molecule has 0 aliphatic carbocycles. The summed E-state index contributed by atoms with van der Waals surface area (Å²) >= 11 is 6.16. The van der Waals surface area contributed by atoms with Gasteiger partial charge in [0.05, 0.1) is 10.5 Å². The average Bonchev–Trinajstić information content (AvgIpc) is 2.19. The number of benzene rings is 1. The van der Waals surface area contributed by atoms with Crippen LogP contribution in [0.2, 0.25) is 5.02 Å². The Kier molecular flexibility index (Phi) is 2.19. The number of hydrogen-bond acceptors (Lipinski definition) is 1. The molecule has 0 aliphatic heterocycles. The lowest BCUT2D eigenvalue weighted by Crippen LogP contribution is -1.85. The minimum atomic E-state index is 0.712. The smallest absolute Gasteiger partial charge is 0.0717 e. The predicted octanol–water partition coefficient (Wildman–Crippen LogP) is 3.26. The molecule has 0 unspecified atom stereocenters. The van der Waals surface area contributed by atoms with E-state index in [-0.39, 0.29) is 0 Å². The van der Waals surface area contributed by atoms with Gasteiger partial charge in [0.2, 0.25) is 0 Å². The normalized spacial score (nSPS) is 10.6. The first-order valence-corrected chi connectivity index (χ1v) is 4.52. The highest BCUT2D eigenvalue weighted by atomic mass is 35.5. The number of fused-ring (bicyclic) bond motifs is 1. The predicted molar refractivity (Wildman–Crippen MR) is 55.8 cm³/mol. The van der Waals surface area contributed by atoms with Crippen molar-refractivity contribution in [2.24, 2.45) is 0 Å². The van der Waals surface area contributed by atoms with Crippen LogP contribution in [0.5, 0.6) is 0 Å². The topological polar surface area (TPSA) is 12.9 Å². The molecule has 1 aromatic carbocycles. The Morgan fingerprint density at radius 1 is 1.31 bits per heavy atom. The molecule has 65 valence electrons. The van der Waals surface area contributed by atoms with E-state index in [2.05, 4.69) is 11.9 Å². The fraction of sp³-hybridized carbons (Fsp3) is 0.0909. The monoisotopic (exact) mass is 190 g/mol. The Morgan fingerprint density at radius 2 is 2.15 bits per heavy atom. The van der Waals surface area contributed by atoms with E-state index in [1.165, 1.54) is 0 Å². The molecule has 1 heterocycles. The zero-order valence-corrected chi connectivity index (χ0v) is 7.88. The molecular formula is C11H9ClN. The maximum atomic E-state index is 6.16. The minimum absolute atomic E-state index is 0.712. The molecule has 2 aromatic rings. The third-order valence-corrected chi connectivity index (χ3v) is 2.51. The summed E-state index contributed by atoms with van der Waals surface area (Å²) in [5.41, 5.74) is 2.01. The number of hydrogen-bond donors (Lipinski definition) is 0. The first-order chi connectivity index (χ1) is 6.33. The van der Waals surface area contributed by atoms with Crippen molar-refractivity contribution in [2.75, 3.05) is 0 Å². The molecule has 1 radical (unpaired) electrons. The van der Waals surface area contributed by atoms with Gasteiger partial charge in [-0.25, -0.2) is 0 Å². The van der Waals surface area contributed by atoms with Crippen LogP contribution >= 0.6 is 11.6 Å². The molecule has 13 heavy (non-hydrogen) atoms. The van der Waals surface area contributed by atoms with Gasteiger partial charge in [0.15, 0.2) is 0 Å². The molecule has 0 saturated heterocycles. The van der Waals surface area contributed by atoms with E-state index >= 15 is 0 Å². The molecule has 2 heteroatoms. The Hall–Kier alpha value is -1.08. The first-order valence-electron chi connectivity index (χ1n) is 4.14. The van der Waals surface area contributed by atoms with Crippen LogP contribution < -0.4 is 0 Å². The van der Waals surface area contributed by atoms with E-state index in [0.29, 0.717) is 6.42 Å². The van der Waals surface area contributed by atoms with Crippen molar-refractivity contribution in [3.8, 4) is 0 Å². The highest BCUT2D eigenvalue weighted by Crippen LogP contribution is 2.25. The lowest BCUT2D eigenvalue weighted by molar-refractivity contribution is 1.28. The van der Waals surface area contributed by atoms with Crippen molar-refractivity contribution in [3.05, 3.63) is 48.0 Å². The Bertz CT molecular complexity index is 437. The summed E-state index contributed by atoms with van der Waals surface area (Å²) in [5, 5.41) is 1.78. The number of halogens is 1. The van der Waals surface area contributed by atoms with Gasteiger partial charge in [0, 0.05) is 11.6 Å². The Labute approximate surface area is 82.4 Å². The number of rotatable bonds is 1. The van der Waals surface area contributed by atoms with Gasteiger partial charge in [-0.1, -0.05) is 17.7 Å². The molecule has 0 spiro atoms. The lowest BCUT2D eigenvalue weighted by Gasteiger charge is -2.03. The quantitative estimate of drug-likeness (QED) is 0.673. The second-order valence-electron chi connectivity index (χ2n) is 2.86. The van der Waals surface area contributed by atoms with Crippen LogP contribution in [0.1, 0.15) is 5.56 Å². The summed E-state index contributed by atoms with van der Waals surface area (Å²) in [6, 6.07) is 7.82.